The van der Waals surface area contributed by atoms with Gasteiger partial charge in [0.2, 0.25) is 0 Å². The molecule has 9 nitrogen and oxygen atoms in total. The van der Waals surface area contributed by atoms with E-state index in [4.69, 9.17) is 16.3 Å². The summed E-state index contributed by atoms with van der Waals surface area (Å²) in [5.41, 5.74) is -0.263. The fraction of sp³-hybridized carbons (Fsp3) is 0.586. The van der Waals surface area contributed by atoms with Crippen LogP contribution >= 0.6 is 11.6 Å². The van der Waals surface area contributed by atoms with Gasteiger partial charge in [0.1, 0.15) is 11.6 Å². The quantitative estimate of drug-likeness (QED) is 0.403. The van der Waals surface area contributed by atoms with Crippen LogP contribution in [0.15, 0.2) is 41.4 Å². The number of benzene rings is 1. The van der Waals surface area contributed by atoms with Gasteiger partial charge in [-0.25, -0.2) is 9.71 Å². The number of rotatable bonds is 8. The zero-order chi connectivity index (χ0) is 28.7. The van der Waals surface area contributed by atoms with Crippen molar-refractivity contribution in [1.82, 2.24) is 9.71 Å². The van der Waals surface area contributed by atoms with E-state index in [2.05, 4.69) is 35.8 Å². The van der Waals surface area contributed by atoms with E-state index in [0.717, 1.165) is 31.4 Å². The molecule has 1 saturated heterocycles. The van der Waals surface area contributed by atoms with Gasteiger partial charge in [-0.05, 0) is 67.7 Å². The molecule has 2 aromatic rings. The van der Waals surface area contributed by atoms with Crippen LogP contribution < -0.4 is 19.7 Å². The van der Waals surface area contributed by atoms with Crippen LogP contribution in [0.2, 0.25) is 5.02 Å². The van der Waals surface area contributed by atoms with Gasteiger partial charge < -0.3 is 20.1 Å². The van der Waals surface area contributed by atoms with Crippen LogP contribution in [0.25, 0.3) is 0 Å². The van der Waals surface area contributed by atoms with Crippen molar-refractivity contribution in [3.05, 3.63) is 41.4 Å². The number of sulfonamides is 1. The smallest absolute Gasteiger partial charge is 0.281 e. The number of hydrogen-bond donors (Lipinski definition) is 3. The number of hydrogen-bond acceptors (Lipinski definition) is 8. The lowest BCUT2D eigenvalue weighted by molar-refractivity contribution is -0.127. The van der Waals surface area contributed by atoms with Gasteiger partial charge in [0, 0.05) is 43.1 Å². The van der Waals surface area contributed by atoms with Crippen LogP contribution in [-0.4, -0.2) is 55.3 Å². The number of nitrogens with zero attached hydrogens (tertiary/aromatic N) is 2. The maximum Gasteiger partial charge on any atom is 0.281 e. The summed E-state index contributed by atoms with van der Waals surface area (Å²) in [6, 6.07) is 10.2. The molecule has 1 aliphatic heterocycles. The minimum atomic E-state index is -4.24. The van der Waals surface area contributed by atoms with E-state index in [1.807, 2.05) is 11.0 Å². The number of nitrogens with one attached hydrogen (secondary N) is 2. The summed E-state index contributed by atoms with van der Waals surface area (Å²) >= 11 is 6.29. The molecule has 11 heteroatoms. The molecule has 2 saturated carbocycles. The molecule has 218 valence electrons. The van der Waals surface area contributed by atoms with Crippen LogP contribution in [0.5, 0.6) is 5.75 Å². The maximum atomic E-state index is 13.3. The van der Waals surface area contributed by atoms with Crippen LogP contribution in [0.1, 0.15) is 65.7 Å². The lowest BCUT2D eigenvalue weighted by Crippen LogP contribution is -2.43. The molecule has 0 radical (unpaired) electrons. The number of carbonyl (C=O) groups is 1. The Balaban J connectivity index is 1.27. The highest BCUT2D eigenvalue weighted by atomic mass is 35.5. The minimum Gasteiger partial charge on any atom is -0.475 e. The Morgan fingerprint density at radius 3 is 2.48 bits per heavy atom. The highest BCUT2D eigenvalue weighted by molar-refractivity contribution is 7.90. The molecule has 3 aliphatic rings. The standard InChI is InChI=1S/C29H39ClN4O5S/c1-28(2,3)19-7-10-21(11-8-19)31-23-12-9-20(30)17-24(23)39-29(14-15-29)27(36)33-40(37,38)26-6-4-5-25(32-26)34-16-13-22(35)18-34/h4-6,9,12,17,19,21-22,31,35H,7-8,10-11,13-16,18H2,1-3H3,(H,33,36)/t19?,21?,22-/m0/s1. The number of amides is 1. The second-order valence-electron chi connectivity index (χ2n) is 12.5. The van der Waals surface area contributed by atoms with Gasteiger partial charge in [-0.1, -0.05) is 38.4 Å². The Kier molecular flexibility index (Phi) is 7.98. The third-order valence-electron chi connectivity index (χ3n) is 8.38. The monoisotopic (exact) mass is 590 g/mol. The summed E-state index contributed by atoms with van der Waals surface area (Å²) < 4.78 is 34.7. The molecule has 1 aromatic carbocycles. The SMILES string of the molecule is CC(C)(C)C1CCC(Nc2ccc(Cl)cc2OC2(C(=O)NS(=O)(=O)c3cccc(N4CC[C@H](O)C4)n3)CC2)CC1. The summed E-state index contributed by atoms with van der Waals surface area (Å²) in [4.78, 5) is 19.4. The van der Waals surface area contributed by atoms with Gasteiger partial charge in [-0.2, -0.15) is 8.42 Å². The van der Waals surface area contributed by atoms with Crippen molar-refractivity contribution < 1.29 is 23.1 Å². The number of aliphatic hydroxyl groups is 1. The van der Waals surface area contributed by atoms with Crippen LogP contribution in [-0.2, 0) is 14.8 Å². The zero-order valence-electron chi connectivity index (χ0n) is 23.3. The molecule has 0 bridgehead atoms. The zero-order valence-corrected chi connectivity index (χ0v) is 24.9. The summed E-state index contributed by atoms with van der Waals surface area (Å²) in [6.07, 6.45) is 5.25. The molecule has 5 rings (SSSR count). The third-order valence-corrected chi connectivity index (χ3v) is 9.84. The molecular weight excluding hydrogens is 552 g/mol. The molecule has 1 atom stereocenters. The molecular formula is C29H39ClN4O5S. The van der Waals surface area contributed by atoms with E-state index in [9.17, 15) is 18.3 Å². The van der Waals surface area contributed by atoms with Crippen molar-refractivity contribution in [3.63, 3.8) is 0 Å². The number of aromatic nitrogens is 1. The number of carbonyl (C=O) groups excluding carboxylic acids is 1. The van der Waals surface area contributed by atoms with Crippen molar-refractivity contribution >= 4 is 39.0 Å². The molecule has 3 N–H and O–H groups in total. The topological polar surface area (TPSA) is 121 Å². The molecule has 3 fully saturated rings. The Bertz CT molecular complexity index is 1350. The van der Waals surface area contributed by atoms with Crippen molar-refractivity contribution in [3.8, 4) is 5.75 Å². The van der Waals surface area contributed by atoms with E-state index < -0.39 is 27.6 Å². The van der Waals surface area contributed by atoms with Crippen molar-refractivity contribution in [2.75, 3.05) is 23.3 Å². The molecule has 0 unspecified atom stereocenters. The Hall–Kier alpha value is -2.56. The average molecular weight is 591 g/mol. The Morgan fingerprint density at radius 2 is 1.85 bits per heavy atom. The highest BCUT2D eigenvalue weighted by Crippen LogP contribution is 2.45. The van der Waals surface area contributed by atoms with Gasteiger partial charge in [-0.3, -0.25) is 4.79 Å². The molecule has 2 heterocycles. The number of aliphatic hydroxyl groups excluding tert-OH is 1. The largest absolute Gasteiger partial charge is 0.475 e. The minimum absolute atomic E-state index is 0.258. The number of halogens is 1. The lowest BCUT2D eigenvalue weighted by atomic mass is 9.71. The van der Waals surface area contributed by atoms with Gasteiger partial charge in [0.05, 0.1) is 11.8 Å². The predicted molar refractivity (Wildman–Crippen MR) is 155 cm³/mol. The Labute approximate surface area is 241 Å². The number of pyridine rings is 1. The Morgan fingerprint density at radius 1 is 1.12 bits per heavy atom. The first-order valence-electron chi connectivity index (χ1n) is 14.1. The van der Waals surface area contributed by atoms with E-state index in [1.54, 1.807) is 24.3 Å². The van der Waals surface area contributed by atoms with E-state index in [1.165, 1.54) is 6.07 Å². The summed E-state index contributed by atoms with van der Waals surface area (Å²) in [5.74, 6) is 0.829. The second kappa shape index (κ2) is 11.0. The van der Waals surface area contributed by atoms with Crippen molar-refractivity contribution in [1.29, 1.82) is 0 Å². The number of anilines is 2. The first-order chi connectivity index (χ1) is 18.8. The van der Waals surface area contributed by atoms with E-state index in [0.29, 0.717) is 60.3 Å². The second-order valence-corrected chi connectivity index (χ2v) is 14.5. The fourth-order valence-corrected chi connectivity index (χ4v) is 6.84. The molecule has 1 amide bonds. The van der Waals surface area contributed by atoms with E-state index in [-0.39, 0.29) is 11.1 Å². The van der Waals surface area contributed by atoms with Gasteiger partial charge in [-0.15, -0.1) is 0 Å². The normalized spacial score (nSPS) is 24.4. The van der Waals surface area contributed by atoms with E-state index >= 15 is 0 Å². The van der Waals surface area contributed by atoms with Crippen molar-refractivity contribution in [2.24, 2.45) is 11.3 Å². The lowest BCUT2D eigenvalue weighted by Gasteiger charge is -2.37. The first-order valence-corrected chi connectivity index (χ1v) is 15.9. The first kappa shape index (κ1) is 29.0. The molecule has 2 aliphatic carbocycles. The summed E-state index contributed by atoms with van der Waals surface area (Å²) in [7, 11) is -4.24. The number of ether oxygens (including phenoxy) is 1. The van der Waals surface area contributed by atoms with Gasteiger partial charge >= 0.3 is 0 Å². The third kappa shape index (κ3) is 6.50. The predicted octanol–water partition coefficient (Wildman–Crippen LogP) is 4.74. The highest BCUT2D eigenvalue weighted by Gasteiger charge is 2.54. The average Bonchev–Trinajstić information content (AvgIpc) is 3.56. The number of β-amino-alcohol motifs (C(OH)–C–C–N with tert-alkyl or cyclic N) is 1. The van der Waals surface area contributed by atoms with Gasteiger partial charge in [0.15, 0.2) is 10.6 Å². The maximum absolute atomic E-state index is 13.3. The fourth-order valence-electron chi connectivity index (χ4n) is 5.67. The van der Waals surface area contributed by atoms with Crippen LogP contribution in [0.4, 0.5) is 11.5 Å². The van der Waals surface area contributed by atoms with Crippen molar-refractivity contribution in [2.45, 2.75) is 88.5 Å². The molecule has 40 heavy (non-hydrogen) atoms. The summed E-state index contributed by atoms with van der Waals surface area (Å²) in [6.45, 7) is 7.84. The molecule has 1 aromatic heterocycles. The van der Waals surface area contributed by atoms with Crippen LogP contribution in [0.3, 0.4) is 0 Å². The summed E-state index contributed by atoms with van der Waals surface area (Å²) in [5, 5.41) is 13.6. The molecule has 0 spiro atoms. The van der Waals surface area contributed by atoms with Crippen LogP contribution in [0, 0.1) is 11.3 Å². The van der Waals surface area contributed by atoms with Gasteiger partial charge in [0.25, 0.3) is 15.9 Å².